The second-order valence-corrected chi connectivity index (χ2v) is 7.57. The molecule has 8 nitrogen and oxygen atoms in total. The van der Waals surface area contributed by atoms with Gasteiger partial charge in [-0.1, -0.05) is 32.0 Å². The van der Waals surface area contributed by atoms with Crippen molar-refractivity contribution in [2.45, 2.75) is 46.3 Å². The molecule has 154 valence electrons. The van der Waals surface area contributed by atoms with Gasteiger partial charge in [-0.3, -0.25) is 14.7 Å². The second kappa shape index (κ2) is 9.04. The van der Waals surface area contributed by atoms with Crippen molar-refractivity contribution >= 4 is 34.9 Å². The highest BCUT2D eigenvalue weighted by atomic mass is 32.1. The lowest BCUT2D eigenvalue weighted by molar-refractivity contribution is -0.130. The third-order valence-electron chi connectivity index (χ3n) is 4.83. The van der Waals surface area contributed by atoms with Crippen LogP contribution in [0.5, 0.6) is 0 Å². The van der Waals surface area contributed by atoms with Gasteiger partial charge >= 0.3 is 0 Å². The van der Waals surface area contributed by atoms with E-state index >= 15 is 0 Å². The average Bonchev–Trinajstić information content (AvgIpc) is 3.28. The van der Waals surface area contributed by atoms with Crippen LogP contribution >= 0.6 is 12.2 Å². The van der Waals surface area contributed by atoms with E-state index in [0.717, 1.165) is 16.5 Å². The normalized spacial score (nSPS) is 12.3. The summed E-state index contributed by atoms with van der Waals surface area (Å²) >= 11 is 5.18. The highest BCUT2D eigenvalue weighted by Crippen LogP contribution is 2.19. The lowest BCUT2D eigenvalue weighted by Crippen LogP contribution is -2.49. The Balaban J connectivity index is 1.77. The zero-order chi connectivity index (χ0) is 21.0. The minimum atomic E-state index is -0.693. The third kappa shape index (κ3) is 4.73. The average molecular weight is 415 g/mol. The number of aromatic amines is 2. The van der Waals surface area contributed by atoms with E-state index < -0.39 is 6.04 Å². The van der Waals surface area contributed by atoms with Crippen molar-refractivity contribution in [2.24, 2.45) is 5.92 Å². The van der Waals surface area contributed by atoms with Gasteiger partial charge in [-0.25, -0.2) is 0 Å². The summed E-state index contributed by atoms with van der Waals surface area (Å²) in [6, 6.07) is 7.19. The largest absolute Gasteiger partial charge is 0.361 e. The molecular weight excluding hydrogens is 388 g/mol. The minimum absolute atomic E-state index is 0.166. The van der Waals surface area contributed by atoms with Gasteiger partial charge in [-0.05, 0) is 30.8 Å². The van der Waals surface area contributed by atoms with E-state index in [9.17, 15) is 9.59 Å². The number of amides is 2. The quantitative estimate of drug-likeness (QED) is 0.425. The summed E-state index contributed by atoms with van der Waals surface area (Å²) < 4.78 is 2.33. The number of carbonyl (C=O) groups excluding carboxylic acids is 2. The fraction of sp³-hybridized carbons (Fsp3) is 0.400. The number of aromatic nitrogens is 4. The predicted octanol–water partition coefficient (Wildman–Crippen LogP) is 2.44. The highest BCUT2D eigenvalue weighted by molar-refractivity contribution is 7.71. The van der Waals surface area contributed by atoms with Crippen molar-refractivity contribution in [1.29, 1.82) is 0 Å². The molecule has 0 saturated carbocycles. The Hall–Kier alpha value is -2.94. The number of hydrogen-bond acceptors (Lipinski definition) is 4. The van der Waals surface area contributed by atoms with Crippen molar-refractivity contribution in [3.05, 3.63) is 46.6 Å². The first kappa shape index (κ1) is 20.8. The zero-order valence-corrected chi connectivity index (χ0v) is 17.6. The molecule has 4 N–H and O–H groups in total. The van der Waals surface area contributed by atoms with E-state index in [0.29, 0.717) is 23.6 Å². The van der Waals surface area contributed by atoms with E-state index in [-0.39, 0.29) is 24.3 Å². The number of hydrogen-bond donors (Lipinski definition) is 4. The van der Waals surface area contributed by atoms with Crippen LogP contribution in [0, 0.1) is 10.7 Å². The van der Waals surface area contributed by atoms with E-state index in [4.69, 9.17) is 12.2 Å². The van der Waals surface area contributed by atoms with Crippen LogP contribution < -0.4 is 10.6 Å². The van der Waals surface area contributed by atoms with Crippen molar-refractivity contribution in [2.75, 3.05) is 0 Å². The molecule has 3 rings (SSSR count). The molecule has 0 aliphatic rings. The molecule has 0 fully saturated rings. The van der Waals surface area contributed by atoms with Gasteiger partial charge in [0.05, 0.1) is 6.54 Å². The van der Waals surface area contributed by atoms with Crippen LogP contribution in [-0.4, -0.2) is 37.6 Å². The molecule has 0 radical (unpaired) electrons. The molecule has 0 aliphatic heterocycles. The van der Waals surface area contributed by atoms with Gasteiger partial charge in [0, 0.05) is 36.0 Å². The lowest BCUT2D eigenvalue weighted by Gasteiger charge is -2.19. The number of nitrogens with zero attached hydrogens (tertiary/aromatic N) is 2. The molecule has 1 atom stereocenters. The summed E-state index contributed by atoms with van der Waals surface area (Å²) in [6.45, 7) is 6.44. The molecule has 2 amide bonds. The minimum Gasteiger partial charge on any atom is -0.361 e. The van der Waals surface area contributed by atoms with Gasteiger partial charge in [0.2, 0.25) is 11.8 Å². The first-order valence-corrected chi connectivity index (χ1v) is 10.1. The van der Waals surface area contributed by atoms with Crippen molar-refractivity contribution in [3.63, 3.8) is 0 Å². The number of nitrogens with one attached hydrogen (secondary N) is 4. The van der Waals surface area contributed by atoms with Gasteiger partial charge in [-0.2, -0.15) is 5.10 Å². The lowest BCUT2D eigenvalue weighted by atomic mass is 10.0. The van der Waals surface area contributed by atoms with Crippen molar-refractivity contribution in [1.82, 2.24) is 30.4 Å². The standard InChI is InChI=1S/C20H26N6O2S/c1-4-26-17(24-25-20(26)29)11-22-19(28)16(23-18(27)12(2)3)9-13-10-21-15-8-6-5-7-14(13)15/h5-8,10,12,16,21H,4,9,11H2,1-3H3,(H,22,28)(H,23,27)(H,25,29). The van der Waals surface area contributed by atoms with Crippen LogP contribution in [0.25, 0.3) is 10.9 Å². The molecule has 0 spiro atoms. The Labute approximate surface area is 174 Å². The summed E-state index contributed by atoms with van der Waals surface area (Å²) in [6.07, 6.45) is 2.27. The Morgan fingerprint density at radius 1 is 1.24 bits per heavy atom. The number of para-hydroxylation sites is 1. The monoisotopic (exact) mass is 414 g/mol. The summed E-state index contributed by atoms with van der Waals surface area (Å²) in [4.78, 5) is 28.4. The summed E-state index contributed by atoms with van der Waals surface area (Å²) in [5.41, 5.74) is 1.97. The number of H-pyrrole nitrogens is 2. The van der Waals surface area contributed by atoms with Crippen LogP contribution in [0.15, 0.2) is 30.5 Å². The van der Waals surface area contributed by atoms with Crippen LogP contribution in [0.2, 0.25) is 0 Å². The molecule has 0 saturated heterocycles. The summed E-state index contributed by atoms with van der Waals surface area (Å²) in [5, 5.41) is 13.7. The van der Waals surface area contributed by atoms with Crippen molar-refractivity contribution < 1.29 is 9.59 Å². The first-order valence-electron chi connectivity index (χ1n) is 9.67. The molecule has 9 heteroatoms. The SMILES string of the molecule is CCn1c(CNC(=O)C(Cc2c[nH]c3ccccc23)NC(=O)C(C)C)n[nH]c1=S. The number of rotatable bonds is 8. The summed E-state index contributed by atoms with van der Waals surface area (Å²) in [7, 11) is 0. The van der Waals surface area contributed by atoms with Gasteiger partial charge in [0.1, 0.15) is 6.04 Å². The first-order chi connectivity index (χ1) is 13.9. The van der Waals surface area contributed by atoms with Gasteiger partial charge in [0.25, 0.3) is 0 Å². The molecule has 3 aromatic rings. The highest BCUT2D eigenvalue weighted by Gasteiger charge is 2.24. The Kier molecular flexibility index (Phi) is 6.48. The fourth-order valence-electron chi connectivity index (χ4n) is 3.17. The molecule has 2 aromatic heterocycles. The third-order valence-corrected chi connectivity index (χ3v) is 5.14. The molecule has 1 aromatic carbocycles. The Morgan fingerprint density at radius 2 is 2.00 bits per heavy atom. The van der Waals surface area contributed by atoms with Crippen LogP contribution in [0.3, 0.4) is 0 Å². The summed E-state index contributed by atoms with van der Waals surface area (Å²) in [5.74, 6) is -0.00130. The van der Waals surface area contributed by atoms with Gasteiger partial charge in [0.15, 0.2) is 10.6 Å². The van der Waals surface area contributed by atoms with Crippen LogP contribution in [0.4, 0.5) is 0 Å². The van der Waals surface area contributed by atoms with E-state index in [1.165, 1.54) is 0 Å². The maximum Gasteiger partial charge on any atom is 0.243 e. The molecule has 29 heavy (non-hydrogen) atoms. The Morgan fingerprint density at radius 3 is 2.72 bits per heavy atom. The van der Waals surface area contributed by atoms with E-state index in [1.54, 1.807) is 13.8 Å². The molecule has 0 bridgehead atoms. The number of benzene rings is 1. The topological polar surface area (TPSA) is 108 Å². The number of fused-ring (bicyclic) bond motifs is 1. The second-order valence-electron chi connectivity index (χ2n) is 7.19. The van der Waals surface area contributed by atoms with Crippen molar-refractivity contribution in [3.8, 4) is 0 Å². The maximum absolute atomic E-state index is 12.9. The Bertz CT molecular complexity index is 1060. The number of carbonyl (C=O) groups is 2. The van der Waals surface area contributed by atoms with Crippen LogP contribution in [0.1, 0.15) is 32.2 Å². The fourth-order valence-corrected chi connectivity index (χ4v) is 3.45. The molecule has 0 aliphatic carbocycles. The molecular formula is C20H26N6O2S. The molecule has 1 unspecified atom stereocenters. The molecule has 2 heterocycles. The van der Waals surface area contributed by atoms with E-state index in [2.05, 4.69) is 25.8 Å². The van der Waals surface area contributed by atoms with E-state index in [1.807, 2.05) is 42.0 Å². The van der Waals surface area contributed by atoms with Crippen LogP contribution in [-0.2, 0) is 29.1 Å². The van der Waals surface area contributed by atoms with Gasteiger partial charge < -0.3 is 20.2 Å². The van der Waals surface area contributed by atoms with Gasteiger partial charge in [-0.15, -0.1) is 0 Å². The maximum atomic E-state index is 12.9. The smallest absolute Gasteiger partial charge is 0.243 e. The zero-order valence-electron chi connectivity index (χ0n) is 16.8. The predicted molar refractivity (Wildman–Crippen MR) is 114 cm³/mol.